The Morgan fingerprint density at radius 3 is 2.71 bits per heavy atom. The fourth-order valence-electron chi connectivity index (χ4n) is 1.89. The second-order valence-corrected chi connectivity index (χ2v) is 6.26. The van der Waals surface area contributed by atoms with Crippen LogP contribution >= 0.6 is 11.6 Å². The van der Waals surface area contributed by atoms with Crippen molar-refractivity contribution in [3.8, 4) is 0 Å². The number of carbonyl (C=O) groups is 1. The van der Waals surface area contributed by atoms with E-state index in [2.05, 4.69) is 10.6 Å². The van der Waals surface area contributed by atoms with E-state index in [0.717, 1.165) is 0 Å². The van der Waals surface area contributed by atoms with Gasteiger partial charge < -0.3 is 15.7 Å². The highest BCUT2D eigenvalue weighted by Crippen LogP contribution is 2.23. The van der Waals surface area contributed by atoms with Crippen LogP contribution < -0.4 is 10.6 Å². The number of benzene rings is 1. The van der Waals surface area contributed by atoms with E-state index in [9.17, 15) is 9.18 Å². The number of carbonyl (C=O) groups excluding carboxylic acids is 1. The van der Waals surface area contributed by atoms with Gasteiger partial charge in [-0.1, -0.05) is 31.5 Å². The largest absolute Gasteiger partial charge is 0.396 e. The van der Waals surface area contributed by atoms with E-state index in [1.54, 1.807) is 13.0 Å². The van der Waals surface area contributed by atoms with Crippen molar-refractivity contribution in [3.05, 3.63) is 34.6 Å². The molecule has 1 aromatic carbocycles. The summed E-state index contributed by atoms with van der Waals surface area (Å²) in [6.45, 7) is 6.23. The molecular formula is C15H22ClFN2O2. The van der Waals surface area contributed by atoms with Crippen molar-refractivity contribution in [1.82, 2.24) is 10.6 Å². The molecule has 1 aromatic rings. The van der Waals surface area contributed by atoms with Crippen LogP contribution in [-0.2, 0) is 0 Å². The molecular weight excluding hydrogens is 295 g/mol. The molecule has 1 atom stereocenters. The van der Waals surface area contributed by atoms with Crippen molar-refractivity contribution in [2.75, 3.05) is 13.2 Å². The Morgan fingerprint density at radius 1 is 1.48 bits per heavy atom. The van der Waals surface area contributed by atoms with Crippen LogP contribution in [0.4, 0.5) is 9.18 Å². The van der Waals surface area contributed by atoms with E-state index in [4.69, 9.17) is 16.7 Å². The van der Waals surface area contributed by atoms with Gasteiger partial charge in [-0.05, 0) is 36.5 Å². The maximum absolute atomic E-state index is 13.0. The van der Waals surface area contributed by atoms with Crippen molar-refractivity contribution >= 4 is 17.6 Å². The van der Waals surface area contributed by atoms with Crippen LogP contribution in [0.1, 0.15) is 38.8 Å². The number of rotatable bonds is 6. The molecule has 0 aliphatic rings. The van der Waals surface area contributed by atoms with Gasteiger partial charge in [0.25, 0.3) is 0 Å². The first-order valence-corrected chi connectivity index (χ1v) is 7.23. The van der Waals surface area contributed by atoms with Crippen LogP contribution in [0.5, 0.6) is 0 Å². The van der Waals surface area contributed by atoms with Crippen LogP contribution in [0.3, 0.4) is 0 Å². The van der Waals surface area contributed by atoms with Gasteiger partial charge in [0, 0.05) is 18.2 Å². The molecule has 0 radical (unpaired) electrons. The number of aliphatic hydroxyl groups excluding tert-OH is 1. The topological polar surface area (TPSA) is 61.4 Å². The van der Waals surface area contributed by atoms with Gasteiger partial charge in [0.1, 0.15) is 5.82 Å². The normalized spacial score (nSPS) is 12.9. The average molecular weight is 317 g/mol. The fourth-order valence-corrected chi connectivity index (χ4v) is 2.22. The van der Waals surface area contributed by atoms with E-state index in [-0.39, 0.29) is 29.1 Å². The summed E-state index contributed by atoms with van der Waals surface area (Å²) < 4.78 is 13.0. The number of halogens is 2. The molecule has 6 heteroatoms. The molecule has 0 heterocycles. The molecule has 0 aliphatic heterocycles. The maximum atomic E-state index is 13.0. The third-order valence-corrected chi connectivity index (χ3v) is 3.62. The number of aliphatic hydroxyl groups is 1. The fraction of sp³-hybridized carbons (Fsp3) is 0.533. The SMILES string of the molecule is CC(NC(=O)NCC(C)(C)CCO)c1ccc(F)cc1Cl. The second kappa shape index (κ2) is 7.61. The number of urea groups is 1. The third-order valence-electron chi connectivity index (χ3n) is 3.29. The predicted molar refractivity (Wildman–Crippen MR) is 81.8 cm³/mol. The van der Waals surface area contributed by atoms with Gasteiger partial charge in [0.05, 0.1) is 6.04 Å². The molecule has 0 spiro atoms. The minimum atomic E-state index is -0.411. The van der Waals surface area contributed by atoms with Crippen LogP contribution in [0.15, 0.2) is 18.2 Å². The van der Waals surface area contributed by atoms with E-state index in [1.807, 2.05) is 13.8 Å². The zero-order valence-electron chi connectivity index (χ0n) is 12.5. The monoisotopic (exact) mass is 316 g/mol. The van der Waals surface area contributed by atoms with E-state index in [0.29, 0.717) is 18.5 Å². The summed E-state index contributed by atoms with van der Waals surface area (Å²) in [5.74, 6) is -0.411. The lowest BCUT2D eigenvalue weighted by molar-refractivity contribution is 0.200. The lowest BCUT2D eigenvalue weighted by Gasteiger charge is -2.24. The van der Waals surface area contributed by atoms with Crippen LogP contribution in [-0.4, -0.2) is 24.3 Å². The zero-order chi connectivity index (χ0) is 16.0. The molecule has 21 heavy (non-hydrogen) atoms. The average Bonchev–Trinajstić information content (AvgIpc) is 2.36. The molecule has 3 N–H and O–H groups in total. The van der Waals surface area contributed by atoms with E-state index >= 15 is 0 Å². The molecule has 0 aliphatic carbocycles. The van der Waals surface area contributed by atoms with E-state index in [1.165, 1.54) is 12.1 Å². The van der Waals surface area contributed by atoms with Crippen molar-refractivity contribution in [2.45, 2.75) is 33.2 Å². The number of amides is 2. The Bertz CT molecular complexity index is 495. The Labute approximate surface area is 129 Å². The van der Waals surface area contributed by atoms with Crippen molar-refractivity contribution < 1.29 is 14.3 Å². The molecule has 0 saturated carbocycles. The third kappa shape index (κ3) is 5.89. The molecule has 0 aromatic heterocycles. The van der Waals surface area contributed by atoms with Gasteiger partial charge in [0.15, 0.2) is 0 Å². The molecule has 0 bridgehead atoms. The summed E-state index contributed by atoms with van der Waals surface area (Å²) in [5.41, 5.74) is 0.478. The van der Waals surface area contributed by atoms with Crippen LogP contribution in [0.25, 0.3) is 0 Å². The summed E-state index contributed by atoms with van der Waals surface area (Å²) in [6, 6.07) is 3.42. The Hall–Kier alpha value is -1.33. The molecule has 2 amide bonds. The first-order chi connectivity index (χ1) is 9.75. The second-order valence-electron chi connectivity index (χ2n) is 5.85. The molecule has 1 rings (SSSR count). The number of hydrogen-bond donors (Lipinski definition) is 3. The number of nitrogens with one attached hydrogen (secondary N) is 2. The lowest BCUT2D eigenvalue weighted by atomic mass is 9.90. The van der Waals surface area contributed by atoms with Gasteiger partial charge in [-0.25, -0.2) is 9.18 Å². The number of hydrogen-bond acceptors (Lipinski definition) is 2. The summed E-state index contributed by atoms with van der Waals surface area (Å²) >= 11 is 5.96. The zero-order valence-corrected chi connectivity index (χ0v) is 13.3. The maximum Gasteiger partial charge on any atom is 0.315 e. The standard InChI is InChI=1S/C15H22ClFN2O2/c1-10(12-5-4-11(17)8-13(12)16)19-14(21)18-9-15(2,3)6-7-20/h4-5,8,10,20H,6-7,9H2,1-3H3,(H2,18,19,21). The molecule has 118 valence electrons. The minimum absolute atomic E-state index is 0.0812. The molecule has 1 unspecified atom stereocenters. The Balaban J connectivity index is 2.54. The summed E-state index contributed by atoms with van der Waals surface area (Å²) in [6.07, 6.45) is 0.604. The minimum Gasteiger partial charge on any atom is -0.396 e. The molecule has 0 saturated heterocycles. The van der Waals surface area contributed by atoms with Crippen molar-refractivity contribution in [1.29, 1.82) is 0 Å². The predicted octanol–water partition coefficient (Wildman–Crippen LogP) is 3.25. The smallest absolute Gasteiger partial charge is 0.315 e. The quantitative estimate of drug-likeness (QED) is 0.754. The van der Waals surface area contributed by atoms with Gasteiger partial charge in [-0.3, -0.25) is 0 Å². The van der Waals surface area contributed by atoms with Gasteiger partial charge in [0.2, 0.25) is 0 Å². The highest BCUT2D eigenvalue weighted by molar-refractivity contribution is 6.31. The van der Waals surface area contributed by atoms with Gasteiger partial charge in [-0.2, -0.15) is 0 Å². The van der Waals surface area contributed by atoms with Gasteiger partial charge >= 0.3 is 6.03 Å². The first-order valence-electron chi connectivity index (χ1n) is 6.85. The van der Waals surface area contributed by atoms with Crippen molar-refractivity contribution in [2.24, 2.45) is 5.41 Å². The Morgan fingerprint density at radius 2 is 2.14 bits per heavy atom. The Kier molecular flexibility index (Phi) is 6.42. The summed E-state index contributed by atoms with van der Waals surface area (Å²) in [4.78, 5) is 11.9. The van der Waals surface area contributed by atoms with E-state index < -0.39 is 5.82 Å². The lowest BCUT2D eigenvalue weighted by Crippen LogP contribution is -2.41. The summed E-state index contributed by atoms with van der Waals surface area (Å²) in [5, 5.41) is 14.7. The summed E-state index contributed by atoms with van der Waals surface area (Å²) in [7, 11) is 0. The molecule has 4 nitrogen and oxygen atoms in total. The van der Waals surface area contributed by atoms with Crippen LogP contribution in [0, 0.1) is 11.2 Å². The highest BCUT2D eigenvalue weighted by atomic mass is 35.5. The van der Waals surface area contributed by atoms with Crippen LogP contribution in [0.2, 0.25) is 5.02 Å². The molecule has 0 fully saturated rings. The first kappa shape index (κ1) is 17.7. The van der Waals surface area contributed by atoms with Gasteiger partial charge in [-0.15, -0.1) is 0 Å². The van der Waals surface area contributed by atoms with Crippen molar-refractivity contribution in [3.63, 3.8) is 0 Å². The highest BCUT2D eigenvalue weighted by Gasteiger charge is 2.19.